The van der Waals surface area contributed by atoms with Gasteiger partial charge in [-0.05, 0) is 26.2 Å². The van der Waals surface area contributed by atoms with Crippen molar-refractivity contribution in [2.24, 2.45) is 0 Å². The molecular formula is C15H20N4O3. The highest BCUT2D eigenvalue weighted by atomic mass is 16.4. The van der Waals surface area contributed by atoms with E-state index in [1.165, 1.54) is 4.90 Å². The van der Waals surface area contributed by atoms with Crippen LogP contribution >= 0.6 is 0 Å². The molecule has 22 heavy (non-hydrogen) atoms. The Morgan fingerprint density at radius 2 is 2.00 bits per heavy atom. The Hall–Kier alpha value is -2.41. The molecule has 0 aliphatic heterocycles. The highest BCUT2D eigenvalue weighted by molar-refractivity contribution is 5.94. The third-order valence-corrected chi connectivity index (χ3v) is 3.31. The summed E-state index contributed by atoms with van der Waals surface area (Å²) in [6, 6.07) is 5.59. The molecule has 118 valence electrons. The number of carboxylic acid groups (broad SMARTS) is 1. The summed E-state index contributed by atoms with van der Waals surface area (Å²) in [7, 11) is 5.43. The zero-order valence-electron chi connectivity index (χ0n) is 13.0. The van der Waals surface area contributed by atoms with E-state index in [2.05, 4.69) is 4.98 Å². The maximum absolute atomic E-state index is 12.6. The van der Waals surface area contributed by atoms with Gasteiger partial charge in [0.25, 0.3) is 5.91 Å². The molecule has 2 aromatic rings. The SMILES string of the molecule is CN(C)Cc1c(C(=O)N(C)CCC(=O)O)nc2ccccn12. The number of hydrogen-bond acceptors (Lipinski definition) is 4. The van der Waals surface area contributed by atoms with Crippen molar-refractivity contribution in [3.8, 4) is 0 Å². The number of nitrogens with zero attached hydrogens (tertiary/aromatic N) is 4. The average Bonchev–Trinajstić information content (AvgIpc) is 2.82. The average molecular weight is 304 g/mol. The molecule has 0 unspecified atom stereocenters. The van der Waals surface area contributed by atoms with Crippen molar-refractivity contribution in [1.82, 2.24) is 19.2 Å². The first kappa shape index (κ1) is 16.0. The van der Waals surface area contributed by atoms with Gasteiger partial charge in [0.15, 0.2) is 5.69 Å². The molecule has 0 fully saturated rings. The molecule has 0 bridgehead atoms. The highest BCUT2D eigenvalue weighted by Crippen LogP contribution is 2.16. The van der Waals surface area contributed by atoms with Gasteiger partial charge in [-0.3, -0.25) is 9.59 Å². The lowest BCUT2D eigenvalue weighted by atomic mass is 10.2. The number of carbonyl (C=O) groups is 2. The van der Waals surface area contributed by atoms with Gasteiger partial charge in [-0.2, -0.15) is 0 Å². The summed E-state index contributed by atoms with van der Waals surface area (Å²) in [6.45, 7) is 0.725. The summed E-state index contributed by atoms with van der Waals surface area (Å²) in [5, 5.41) is 8.74. The van der Waals surface area contributed by atoms with E-state index in [9.17, 15) is 9.59 Å². The minimum Gasteiger partial charge on any atom is -0.481 e. The molecular weight excluding hydrogens is 284 g/mol. The molecule has 2 heterocycles. The van der Waals surface area contributed by atoms with Gasteiger partial charge in [0.05, 0.1) is 12.1 Å². The summed E-state index contributed by atoms with van der Waals surface area (Å²) >= 11 is 0. The molecule has 0 saturated heterocycles. The molecule has 0 saturated carbocycles. The van der Waals surface area contributed by atoms with Crippen LogP contribution in [0, 0.1) is 0 Å². The molecule has 7 nitrogen and oxygen atoms in total. The Balaban J connectivity index is 2.36. The van der Waals surface area contributed by atoms with Crippen LogP contribution in [-0.2, 0) is 11.3 Å². The van der Waals surface area contributed by atoms with Crippen molar-refractivity contribution in [3.63, 3.8) is 0 Å². The number of hydrogen-bond donors (Lipinski definition) is 1. The van der Waals surface area contributed by atoms with E-state index in [1.807, 2.05) is 47.8 Å². The zero-order valence-corrected chi connectivity index (χ0v) is 13.0. The smallest absolute Gasteiger partial charge is 0.305 e. The fourth-order valence-corrected chi connectivity index (χ4v) is 2.21. The van der Waals surface area contributed by atoms with Crippen LogP contribution in [0.4, 0.5) is 0 Å². The maximum Gasteiger partial charge on any atom is 0.305 e. The van der Waals surface area contributed by atoms with Gasteiger partial charge in [-0.15, -0.1) is 0 Å². The van der Waals surface area contributed by atoms with Gasteiger partial charge < -0.3 is 19.3 Å². The predicted molar refractivity (Wildman–Crippen MR) is 81.8 cm³/mol. The normalized spacial score (nSPS) is 11.1. The summed E-state index contributed by atoms with van der Waals surface area (Å²) in [5.41, 5.74) is 1.87. The number of fused-ring (bicyclic) bond motifs is 1. The molecule has 0 radical (unpaired) electrons. The first-order valence-corrected chi connectivity index (χ1v) is 6.98. The standard InChI is InChI=1S/C15H20N4O3/c1-17(2)10-11-14(15(22)18(3)9-7-13(20)21)16-12-6-4-5-8-19(11)12/h4-6,8H,7,9-10H2,1-3H3,(H,20,21). The molecule has 0 aromatic carbocycles. The second kappa shape index (κ2) is 6.57. The number of amides is 1. The summed E-state index contributed by atoms with van der Waals surface area (Å²) in [4.78, 5) is 31.0. The van der Waals surface area contributed by atoms with E-state index in [4.69, 9.17) is 5.11 Å². The first-order chi connectivity index (χ1) is 10.4. The Kier molecular flexibility index (Phi) is 4.77. The molecule has 1 N–H and O–H groups in total. The summed E-state index contributed by atoms with van der Waals surface area (Å²) in [6.07, 6.45) is 1.79. The molecule has 2 aromatic heterocycles. The van der Waals surface area contributed by atoms with E-state index < -0.39 is 5.97 Å². The summed E-state index contributed by atoms with van der Waals surface area (Å²) < 4.78 is 1.89. The van der Waals surface area contributed by atoms with E-state index in [0.29, 0.717) is 17.9 Å². The monoisotopic (exact) mass is 304 g/mol. The second-order valence-corrected chi connectivity index (χ2v) is 5.44. The lowest BCUT2D eigenvalue weighted by Gasteiger charge is -2.16. The minimum atomic E-state index is -0.928. The van der Waals surface area contributed by atoms with Crippen LogP contribution in [0.2, 0.25) is 0 Å². The van der Waals surface area contributed by atoms with Gasteiger partial charge >= 0.3 is 5.97 Å². The van der Waals surface area contributed by atoms with Gasteiger partial charge in [0.1, 0.15) is 5.65 Å². The van der Waals surface area contributed by atoms with Crippen LogP contribution in [-0.4, -0.2) is 63.9 Å². The zero-order chi connectivity index (χ0) is 16.3. The topological polar surface area (TPSA) is 78.2 Å². The fraction of sp³-hybridized carbons (Fsp3) is 0.400. The Morgan fingerprint density at radius 1 is 1.27 bits per heavy atom. The first-order valence-electron chi connectivity index (χ1n) is 6.98. The fourth-order valence-electron chi connectivity index (χ4n) is 2.21. The van der Waals surface area contributed by atoms with Crippen molar-refractivity contribution in [2.75, 3.05) is 27.7 Å². The number of pyridine rings is 1. The van der Waals surface area contributed by atoms with Crippen LogP contribution in [0.3, 0.4) is 0 Å². The summed E-state index contributed by atoms with van der Waals surface area (Å²) in [5.74, 6) is -1.19. The van der Waals surface area contributed by atoms with Gasteiger partial charge in [-0.25, -0.2) is 4.98 Å². The van der Waals surface area contributed by atoms with Gasteiger partial charge in [0, 0.05) is 26.3 Å². The van der Waals surface area contributed by atoms with E-state index in [0.717, 1.165) is 5.69 Å². The molecule has 0 aliphatic rings. The molecule has 2 rings (SSSR count). The van der Waals surface area contributed by atoms with E-state index in [1.54, 1.807) is 7.05 Å². The maximum atomic E-state index is 12.6. The quantitative estimate of drug-likeness (QED) is 0.859. The number of aliphatic carboxylic acids is 1. The van der Waals surface area contributed by atoms with Crippen LogP contribution in [0.15, 0.2) is 24.4 Å². The lowest BCUT2D eigenvalue weighted by molar-refractivity contribution is -0.137. The number of rotatable bonds is 6. The number of aromatic nitrogens is 2. The van der Waals surface area contributed by atoms with E-state index in [-0.39, 0.29) is 18.9 Å². The second-order valence-electron chi connectivity index (χ2n) is 5.44. The highest BCUT2D eigenvalue weighted by Gasteiger charge is 2.22. The lowest BCUT2D eigenvalue weighted by Crippen LogP contribution is -2.30. The van der Waals surface area contributed by atoms with Gasteiger partial charge in [-0.1, -0.05) is 6.07 Å². The molecule has 0 atom stereocenters. The van der Waals surface area contributed by atoms with Crippen molar-refractivity contribution in [2.45, 2.75) is 13.0 Å². The third-order valence-electron chi connectivity index (χ3n) is 3.31. The van der Waals surface area contributed by atoms with Crippen molar-refractivity contribution in [1.29, 1.82) is 0 Å². The number of carboxylic acids is 1. The Morgan fingerprint density at radius 3 is 2.64 bits per heavy atom. The van der Waals surface area contributed by atoms with E-state index >= 15 is 0 Å². The molecule has 7 heteroatoms. The van der Waals surface area contributed by atoms with Crippen LogP contribution in [0.25, 0.3) is 5.65 Å². The Bertz CT molecular complexity index is 693. The Labute approximate surface area is 128 Å². The molecule has 1 amide bonds. The van der Waals surface area contributed by atoms with Crippen molar-refractivity contribution < 1.29 is 14.7 Å². The minimum absolute atomic E-state index is 0.0847. The van der Waals surface area contributed by atoms with Crippen molar-refractivity contribution >= 4 is 17.5 Å². The third kappa shape index (κ3) is 3.43. The van der Waals surface area contributed by atoms with Crippen LogP contribution in [0.5, 0.6) is 0 Å². The van der Waals surface area contributed by atoms with Crippen molar-refractivity contribution in [3.05, 3.63) is 35.8 Å². The molecule has 0 spiro atoms. The number of carbonyl (C=O) groups excluding carboxylic acids is 1. The molecule has 0 aliphatic carbocycles. The largest absolute Gasteiger partial charge is 0.481 e. The number of imidazole rings is 1. The van der Waals surface area contributed by atoms with Crippen LogP contribution in [0.1, 0.15) is 22.6 Å². The van der Waals surface area contributed by atoms with Crippen LogP contribution < -0.4 is 0 Å². The van der Waals surface area contributed by atoms with Gasteiger partial charge in [0.2, 0.25) is 0 Å². The predicted octanol–water partition coefficient (Wildman–Crippen LogP) is 0.943.